The molecule has 0 atom stereocenters. The maximum Gasteiger partial charge on any atom is 0.136 e. The minimum atomic E-state index is 0.828. The van der Waals surface area contributed by atoms with E-state index in [1.54, 1.807) is 0 Å². The fraction of sp³-hybridized carbons (Fsp3) is 0.556. The minimum Gasteiger partial charge on any atom is -0.492 e. The zero-order valence-electron chi connectivity index (χ0n) is 13.9. The van der Waals surface area contributed by atoms with Gasteiger partial charge in [-0.3, -0.25) is 0 Å². The molecular formula is C18H30N2O2. The van der Waals surface area contributed by atoms with Crippen LogP contribution in [-0.4, -0.2) is 23.2 Å². The van der Waals surface area contributed by atoms with Gasteiger partial charge >= 0.3 is 0 Å². The van der Waals surface area contributed by atoms with Gasteiger partial charge in [-0.1, -0.05) is 39.5 Å². The van der Waals surface area contributed by atoms with Crippen LogP contribution in [0.15, 0.2) is 36.9 Å². The van der Waals surface area contributed by atoms with Gasteiger partial charge in [0.15, 0.2) is 0 Å². The highest BCUT2D eigenvalue weighted by Gasteiger charge is 1.92. The topological polar surface area (TPSA) is 50.0 Å². The summed E-state index contributed by atoms with van der Waals surface area (Å²) < 4.78 is 10.8. The summed E-state index contributed by atoms with van der Waals surface area (Å²) in [5.41, 5.74) is 0. The van der Waals surface area contributed by atoms with Gasteiger partial charge in [-0.05, 0) is 25.0 Å². The number of aromatic nitrogens is 2. The normalized spacial score (nSPS) is 9.91. The molecule has 0 amide bonds. The van der Waals surface area contributed by atoms with Crippen LogP contribution < -0.4 is 9.47 Å². The van der Waals surface area contributed by atoms with E-state index in [1.807, 2.05) is 36.9 Å². The van der Waals surface area contributed by atoms with Gasteiger partial charge in [0.2, 0.25) is 0 Å². The zero-order chi connectivity index (χ0) is 15.9. The molecule has 22 heavy (non-hydrogen) atoms. The van der Waals surface area contributed by atoms with Gasteiger partial charge in [-0.15, -0.1) is 0 Å². The van der Waals surface area contributed by atoms with Gasteiger partial charge in [0.1, 0.15) is 11.5 Å². The number of nitrogens with one attached hydrogen (secondary N) is 2. The van der Waals surface area contributed by atoms with E-state index in [4.69, 9.17) is 9.47 Å². The number of hydrogen-bond acceptors (Lipinski definition) is 2. The van der Waals surface area contributed by atoms with Crippen LogP contribution in [0.1, 0.15) is 52.4 Å². The summed E-state index contributed by atoms with van der Waals surface area (Å²) in [6.07, 6.45) is 14.8. The molecule has 0 saturated carbocycles. The average Bonchev–Trinajstić information content (AvgIpc) is 3.21. The lowest BCUT2D eigenvalue weighted by molar-refractivity contribution is 0.305. The van der Waals surface area contributed by atoms with E-state index < -0.39 is 0 Å². The molecule has 4 nitrogen and oxygen atoms in total. The average molecular weight is 306 g/mol. The highest BCUT2D eigenvalue weighted by Crippen LogP contribution is 2.08. The number of aromatic amines is 2. The van der Waals surface area contributed by atoms with Crippen molar-refractivity contribution in [2.75, 3.05) is 13.2 Å². The van der Waals surface area contributed by atoms with Crippen LogP contribution in [0.4, 0.5) is 0 Å². The van der Waals surface area contributed by atoms with Crippen molar-refractivity contribution in [3.8, 4) is 11.5 Å². The Morgan fingerprint density at radius 2 is 1.27 bits per heavy atom. The molecule has 0 saturated heterocycles. The Kier molecular flexibility index (Phi) is 10.7. The smallest absolute Gasteiger partial charge is 0.136 e. The van der Waals surface area contributed by atoms with Gasteiger partial charge in [0, 0.05) is 24.8 Å². The molecule has 2 N–H and O–H groups in total. The van der Waals surface area contributed by atoms with Crippen molar-refractivity contribution >= 4 is 0 Å². The molecule has 0 spiro atoms. The van der Waals surface area contributed by atoms with Crippen LogP contribution in [0.2, 0.25) is 0 Å². The van der Waals surface area contributed by atoms with Crippen LogP contribution in [0.25, 0.3) is 0 Å². The van der Waals surface area contributed by atoms with Gasteiger partial charge in [-0.2, -0.15) is 0 Å². The molecule has 0 unspecified atom stereocenters. The first-order valence-corrected chi connectivity index (χ1v) is 8.38. The second-order valence-corrected chi connectivity index (χ2v) is 5.20. The Morgan fingerprint density at radius 1 is 0.727 bits per heavy atom. The van der Waals surface area contributed by atoms with Crippen LogP contribution in [-0.2, 0) is 0 Å². The van der Waals surface area contributed by atoms with Gasteiger partial charge in [-0.25, -0.2) is 0 Å². The van der Waals surface area contributed by atoms with Crippen molar-refractivity contribution in [2.45, 2.75) is 52.4 Å². The van der Waals surface area contributed by atoms with Crippen molar-refractivity contribution in [1.29, 1.82) is 0 Å². The summed E-state index contributed by atoms with van der Waals surface area (Å²) in [4.78, 5) is 5.89. The van der Waals surface area contributed by atoms with E-state index in [9.17, 15) is 0 Å². The van der Waals surface area contributed by atoms with E-state index in [1.165, 1.54) is 32.1 Å². The second-order valence-electron chi connectivity index (χ2n) is 5.20. The lowest BCUT2D eigenvalue weighted by Gasteiger charge is -2.01. The molecule has 124 valence electrons. The Hall–Kier alpha value is -1.84. The summed E-state index contributed by atoms with van der Waals surface area (Å²) in [6, 6.07) is 3.87. The molecule has 0 aliphatic carbocycles. The first-order valence-electron chi connectivity index (χ1n) is 8.38. The number of ether oxygens (including phenoxy) is 2. The van der Waals surface area contributed by atoms with Crippen molar-refractivity contribution in [3.63, 3.8) is 0 Å². The fourth-order valence-corrected chi connectivity index (χ4v) is 1.85. The Bertz CT molecular complexity index is 424. The molecule has 2 aromatic heterocycles. The van der Waals surface area contributed by atoms with Crippen molar-refractivity contribution in [1.82, 2.24) is 9.97 Å². The fourth-order valence-electron chi connectivity index (χ4n) is 1.85. The van der Waals surface area contributed by atoms with Crippen LogP contribution >= 0.6 is 0 Å². The predicted octanol–water partition coefficient (Wildman–Crippen LogP) is 5.17. The molecule has 0 aliphatic rings. The standard InChI is InChI=1S/C10H17NO.C8H13NO/c1-2-3-4-5-8-12-10-6-7-11-9-10;1-2-3-6-10-8-4-5-9-7-8/h6-7,9,11H,2-5,8H2,1H3;4-5,7,9H,2-3,6H2,1H3. The van der Waals surface area contributed by atoms with E-state index in [-0.39, 0.29) is 0 Å². The largest absolute Gasteiger partial charge is 0.492 e. The zero-order valence-corrected chi connectivity index (χ0v) is 13.9. The van der Waals surface area contributed by atoms with Gasteiger partial charge in [0.05, 0.1) is 13.2 Å². The molecule has 0 aromatic carbocycles. The van der Waals surface area contributed by atoms with Gasteiger partial charge < -0.3 is 19.4 Å². The van der Waals surface area contributed by atoms with Crippen molar-refractivity contribution in [2.24, 2.45) is 0 Å². The van der Waals surface area contributed by atoms with E-state index in [0.29, 0.717) is 0 Å². The third-order valence-corrected chi connectivity index (χ3v) is 3.17. The quantitative estimate of drug-likeness (QED) is 0.595. The highest BCUT2D eigenvalue weighted by atomic mass is 16.5. The lowest BCUT2D eigenvalue weighted by Crippen LogP contribution is -1.95. The molecule has 4 heteroatoms. The van der Waals surface area contributed by atoms with Crippen molar-refractivity contribution in [3.05, 3.63) is 36.9 Å². The molecule has 0 fully saturated rings. The third kappa shape index (κ3) is 9.16. The van der Waals surface area contributed by atoms with Crippen LogP contribution in [0, 0.1) is 0 Å². The SMILES string of the molecule is CCCCCCOc1cc[nH]c1.CCCCOc1cc[nH]c1. The molecule has 0 radical (unpaired) electrons. The summed E-state index contributed by atoms with van der Waals surface area (Å²) in [5.74, 6) is 1.89. The molecular weight excluding hydrogens is 276 g/mol. The molecule has 0 aliphatic heterocycles. The maximum absolute atomic E-state index is 5.46. The Morgan fingerprint density at radius 3 is 1.73 bits per heavy atom. The van der Waals surface area contributed by atoms with Crippen LogP contribution in [0.5, 0.6) is 11.5 Å². The molecule has 2 rings (SSSR count). The maximum atomic E-state index is 5.46. The lowest BCUT2D eigenvalue weighted by atomic mass is 10.2. The molecule has 2 aromatic rings. The molecule has 0 bridgehead atoms. The van der Waals surface area contributed by atoms with Gasteiger partial charge in [0.25, 0.3) is 0 Å². The summed E-state index contributed by atoms with van der Waals surface area (Å²) in [7, 11) is 0. The second kappa shape index (κ2) is 12.9. The Labute approximate surface area is 134 Å². The van der Waals surface area contributed by atoms with E-state index >= 15 is 0 Å². The number of rotatable bonds is 10. The van der Waals surface area contributed by atoms with E-state index in [2.05, 4.69) is 23.8 Å². The summed E-state index contributed by atoms with van der Waals surface area (Å²) in [6.45, 7) is 6.04. The van der Waals surface area contributed by atoms with E-state index in [0.717, 1.165) is 31.1 Å². The first kappa shape index (κ1) is 18.2. The number of H-pyrrole nitrogens is 2. The predicted molar refractivity (Wildman–Crippen MR) is 91.6 cm³/mol. The Balaban J connectivity index is 0.000000224. The highest BCUT2D eigenvalue weighted by molar-refractivity contribution is 5.15. The number of hydrogen-bond donors (Lipinski definition) is 2. The van der Waals surface area contributed by atoms with Crippen LogP contribution in [0.3, 0.4) is 0 Å². The summed E-state index contributed by atoms with van der Waals surface area (Å²) >= 11 is 0. The third-order valence-electron chi connectivity index (χ3n) is 3.17. The first-order chi connectivity index (χ1) is 10.9. The number of unbranched alkanes of at least 4 members (excludes halogenated alkanes) is 4. The monoisotopic (exact) mass is 306 g/mol. The van der Waals surface area contributed by atoms with Crippen molar-refractivity contribution < 1.29 is 9.47 Å². The summed E-state index contributed by atoms with van der Waals surface area (Å²) in [5, 5.41) is 0. The molecule has 2 heterocycles. The minimum absolute atomic E-state index is 0.828.